The first kappa shape index (κ1) is 14.5. The van der Waals surface area contributed by atoms with E-state index in [-0.39, 0.29) is 5.82 Å². The molecule has 20 heavy (non-hydrogen) atoms. The van der Waals surface area contributed by atoms with Crippen molar-refractivity contribution in [2.45, 2.75) is 26.4 Å². The van der Waals surface area contributed by atoms with Gasteiger partial charge in [0.2, 0.25) is 0 Å². The Labute approximate surface area is 118 Å². The lowest BCUT2D eigenvalue weighted by Crippen LogP contribution is -2.06. The summed E-state index contributed by atoms with van der Waals surface area (Å²) < 4.78 is 19.1. The van der Waals surface area contributed by atoms with E-state index in [0.717, 1.165) is 16.7 Å². The van der Waals surface area contributed by atoms with Crippen LogP contribution in [0.2, 0.25) is 0 Å². The Hall–Kier alpha value is -1.87. The van der Waals surface area contributed by atoms with Crippen molar-refractivity contribution in [2.75, 3.05) is 7.11 Å². The second-order valence-electron chi connectivity index (χ2n) is 5.06. The fourth-order valence-corrected chi connectivity index (χ4v) is 2.30. The van der Waals surface area contributed by atoms with Crippen molar-refractivity contribution in [3.8, 4) is 5.75 Å². The van der Waals surface area contributed by atoms with Crippen LogP contribution in [0.15, 0.2) is 36.4 Å². The van der Waals surface area contributed by atoms with Crippen LogP contribution in [0.3, 0.4) is 0 Å². The van der Waals surface area contributed by atoms with E-state index in [1.54, 1.807) is 19.2 Å². The lowest BCUT2D eigenvalue weighted by Gasteiger charge is -2.15. The summed E-state index contributed by atoms with van der Waals surface area (Å²) in [4.78, 5) is 0. The molecule has 0 spiro atoms. The maximum atomic E-state index is 13.8. The average molecular weight is 274 g/mol. The van der Waals surface area contributed by atoms with Crippen LogP contribution in [0.1, 0.15) is 28.4 Å². The molecule has 0 bridgehead atoms. The van der Waals surface area contributed by atoms with E-state index in [1.165, 1.54) is 6.07 Å². The summed E-state index contributed by atoms with van der Waals surface area (Å²) in [6.45, 7) is 3.85. The number of benzene rings is 2. The predicted octanol–water partition coefficient (Wildman–Crippen LogP) is 3.73. The van der Waals surface area contributed by atoms with Crippen molar-refractivity contribution in [1.82, 2.24) is 0 Å². The zero-order valence-electron chi connectivity index (χ0n) is 12.0. The third kappa shape index (κ3) is 3.17. The predicted molar refractivity (Wildman–Crippen MR) is 77.5 cm³/mol. The van der Waals surface area contributed by atoms with Crippen molar-refractivity contribution < 1.29 is 14.2 Å². The molecule has 0 radical (unpaired) electrons. The van der Waals surface area contributed by atoms with E-state index in [4.69, 9.17) is 4.74 Å². The number of methoxy groups -OCH3 is 1. The summed E-state index contributed by atoms with van der Waals surface area (Å²) in [5, 5.41) is 10.3. The summed E-state index contributed by atoms with van der Waals surface area (Å²) in [7, 11) is 1.59. The van der Waals surface area contributed by atoms with Gasteiger partial charge in [-0.05, 0) is 31.5 Å². The van der Waals surface area contributed by atoms with Crippen molar-refractivity contribution in [2.24, 2.45) is 0 Å². The number of halogens is 1. The van der Waals surface area contributed by atoms with E-state index in [9.17, 15) is 9.50 Å². The highest BCUT2D eigenvalue weighted by molar-refractivity contribution is 5.38. The highest BCUT2D eigenvalue weighted by Gasteiger charge is 2.16. The Kier molecular flexibility index (Phi) is 4.40. The maximum Gasteiger partial charge on any atom is 0.129 e. The quantitative estimate of drug-likeness (QED) is 0.920. The molecule has 2 aromatic rings. The van der Waals surface area contributed by atoms with Crippen LogP contribution in [0.25, 0.3) is 0 Å². The molecule has 1 N–H and O–H groups in total. The van der Waals surface area contributed by atoms with Crippen molar-refractivity contribution in [1.29, 1.82) is 0 Å². The molecule has 2 nitrogen and oxygen atoms in total. The van der Waals surface area contributed by atoms with E-state index < -0.39 is 6.10 Å². The van der Waals surface area contributed by atoms with Gasteiger partial charge in [-0.2, -0.15) is 0 Å². The van der Waals surface area contributed by atoms with Gasteiger partial charge in [0.05, 0.1) is 13.2 Å². The van der Waals surface area contributed by atoms with Crippen LogP contribution in [0.5, 0.6) is 5.75 Å². The maximum absolute atomic E-state index is 13.8. The minimum absolute atomic E-state index is 0.325. The van der Waals surface area contributed by atoms with Gasteiger partial charge in [0.15, 0.2) is 0 Å². The summed E-state index contributed by atoms with van der Waals surface area (Å²) in [6, 6.07) is 10.5. The molecular weight excluding hydrogens is 255 g/mol. The lowest BCUT2D eigenvalue weighted by molar-refractivity contribution is 0.172. The van der Waals surface area contributed by atoms with Gasteiger partial charge in [-0.3, -0.25) is 0 Å². The molecule has 3 heteroatoms. The summed E-state index contributed by atoms with van der Waals surface area (Å²) in [6.07, 6.45) is -0.559. The summed E-state index contributed by atoms with van der Waals surface area (Å²) >= 11 is 0. The minimum atomic E-state index is -0.884. The molecule has 1 unspecified atom stereocenters. The topological polar surface area (TPSA) is 29.5 Å². The molecule has 0 aliphatic rings. The molecule has 0 amide bonds. The zero-order chi connectivity index (χ0) is 14.7. The monoisotopic (exact) mass is 274 g/mol. The number of aryl methyl sites for hydroxylation is 2. The van der Waals surface area contributed by atoms with Gasteiger partial charge in [-0.25, -0.2) is 4.39 Å². The Balaban J connectivity index is 2.29. The first-order valence-electron chi connectivity index (χ1n) is 6.59. The highest BCUT2D eigenvalue weighted by Crippen LogP contribution is 2.27. The molecule has 2 aromatic carbocycles. The average Bonchev–Trinajstić information content (AvgIpc) is 2.41. The van der Waals surface area contributed by atoms with E-state index in [0.29, 0.717) is 17.7 Å². The van der Waals surface area contributed by atoms with Gasteiger partial charge in [0, 0.05) is 12.0 Å². The second kappa shape index (κ2) is 6.06. The molecule has 1 atom stereocenters. The number of aliphatic hydroxyl groups is 1. The van der Waals surface area contributed by atoms with Crippen molar-refractivity contribution in [3.63, 3.8) is 0 Å². The van der Waals surface area contributed by atoms with Crippen LogP contribution >= 0.6 is 0 Å². The minimum Gasteiger partial charge on any atom is -0.496 e. The van der Waals surface area contributed by atoms with E-state index in [1.807, 2.05) is 32.0 Å². The Morgan fingerprint density at radius 3 is 2.45 bits per heavy atom. The van der Waals surface area contributed by atoms with Gasteiger partial charge in [0.1, 0.15) is 11.6 Å². The molecule has 0 heterocycles. The molecule has 0 saturated carbocycles. The highest BCUT2D eigenvalue weighted by atomic mass is 19.1. The molecule has 0 aliphatic carbocycles. The normalized spacial score (nSPS) is 12.2. The summed E-state index contributed by atoms with van der Waals surface area (Å²) in [5.74, 6) is 0.331. The van der Waals surface area contributed by atoms with Gasteiger partial charge in [0.25, 0.3) is 0 Å². The third-order valence-electron chi connectivity index (χ3n) is 3.36. The van der Waals surface area contributed by atoms with Crippen molar-refractivity contribution >= 4 is 0 Å². The molecule has 0 aromatic heterocycles. The largest absolute Gasteiger partial charge is 0.496 e. The standard InChI is InChI=1S/C17H19FO2/c1-11-5-7-17(20-3)13(8-11)10-16(19)14-9-12(2)4-6-15(14)18/h4-9,16,19H,10H2,1-3H3. The second-order valence-corrected chi connectivity index (χ2v) is 5.06. The summed E-state index contributed by atoms with van der Waals surface area (Å²) in [5.41, 5.74) is 3.21. The van der Waals surface area contributed by atoms with E-state index in [2.05, 4.69) is 0 Å². The molecule has 0 aliphatic heterocycles. The Morgan fingerprint density at radius 2 is 1.75 bits per heavy atom. The van der Waals surface area contributed by atoms with Crippen LogP contribution in [-0.2, 0) is 6.42 Å². The molecule has 0 saturated heterocycles. The fourth-order valence-electron chi connectivity index (χ4n) is 2.30. The van der Waals surface area contributed by atoms with Crippen molar-refractivity contribution in [3.05, 3.63) is 64.5 Å². The number of hydrogen-bond donors (Lipinski definition) is 1. The zero-order valence-corrected chi connectivity index (χ0v) is 12.0. The number of aliphatic hydroxyl groups excluding tert-OH is 1. The van der Waals surface area contributed by atoms with Gasteiger partial charge >= 0.3 is 0 Å². The van der Waals surface area contributed by atoms with Gasteiger partial charge < -0.3 is 9.84 Å². The number of ether oxygens (including phenoxy) is 1. The SMILES string of the molecule is COc1ccc(C)cc1CC(O)c1cc(C)ccc1F. The molecule has 2 rings (SSSR count). The third-order valence-corrected chi connectivity index (χ3v) is 3.36. The smallest absolute Gasteiger partial charge is 0.129 e. The molecular formula is C17H19FO2. The van der Waals surface area contributed by atoms with Gasteiger partial charge in [-0.15, -0.1) is 0 Å². The van der Waals surface area contributed by atoms with Crippen LogP contribution < -0.4 is 4.74 Å². The molecule has 106 valence electrons. The van der Waals surface area contributed by atoms with Crippen LogP contribution in [-0.4, -0.2) is 12.2 Å². The number of rotatable bonds is 4. The van der Waals surface area contributed by atoms with Crippen LogP contribution in [0, 0.1) is 19.7 Å². The number of hydrogen-bond acceptors (Lipinski definition) is 2. The van der Waals surface area contributed by atoms with Gasteiger partial charge in [-0.1, -0.05) is 35.4 Å². The fraction of sp³-hybridized carbons (Fsp3) is 0.294. The van der Waals surface area contributed by atoms with Crippen LogP contribution in [0.4, 0.5) is 4.39 Å². The Morgan fingerprint density at radius 1 is 1.10 bits per heavy atom. The Bertz CT molecular complexity index is 608. The first-order valence-corrected chi connectivity index (χ1v) is 6.59. The lowest BCUT2D eigenvalue weighted by atomic mass is 9.98. The molecule has 0 fully saturated rings. The van der Waals surface area contributed by atoms with E-state index >= 15 is 0 Å². The first-order chi connectivity index (χ1) is 9.51.